The molecule has 0 unspecified atom stereocenters. The van der Waals surface area contributed by atoms with Gasteiger partial charge in [0.2, 0.25) is 11.8 Å². The molecule has 0 heterocycles. The number of carbonyl (C=O) groups excluding carboxylic acids is 2. The van der Waals surface area contributed by atoms with Crippen LogP contribution < -0.4 is 5.32 Å². The number of benzene rings is 3. The molecule has 0 aliphatic carbocycles. The molecule has 0 aliphatic heterocycles. The summed E-state index contributed by atoms with van der Waals surface area (Å²) in [4.78, 5) is 30.1. The van der Waals surface area contributed by atoms with E-state index in [1.807, 2.05) is 99.6 Å². The second kappa shape index (κ2) is 14.8. The van der Waals surface area contributed by atoms with Crippen molar-refractivity contribution < 1.29 is 9.59 Å². The third-order valence-electron chi connectivity index (χ3n) is 6.36. The summed E-state index contributed by atoms with van der Waals surface area (Å²) in [5.41, 5.74) is 3.21. The highest BCUT2D eigenvalue weighted by atomic mass is 35.5. The van der Waals surface area contributed by atoms with Gasteiger partial charge in [0.05, 0.1) is 0 Å². The number of nitrogens with zero attached hydrogens (tertiary/aromatic N) is 1. The van der Waals surface area contributed by atoms with Crippen LogP contribution in [0, 0.1) is 6.92 Å². The number of carbonyl (C=O) groups is 2. The molecule has 0 radical (unpaired) electrons. The Bertz CT molecular complexity index is 1120. The largest absolute Gasteiger partial charge is 0.352 e. The van der Waals surface area contributed by atoms with E-state index in [1.165, 1.54) is 0 Å². The molecule has 0 spiro atoms. The molecule has 1 N–H and O–H groups in total. The molecule has 6 heteroatoms. The molecule has 0 saturated carbocycles. The number of thioether (sulfide) groups is 1. The van der Waals surface area contributed by atoms with E-state index < -0.39 is 6.04 Å². The van der Waals surface area contributed by atoms with Crippen LogP contribution in [-0.2, 0) is 22.6 Å². The zero-order valence-corrected chi connectivity index (χ0v) is 23.5. The molecule has 2 amide bonds. The fourth-order valence-corrected chi connectivity index (χ4v) is 4.95. The maximum absolute atomic E-state index is 13.7. The van der Waals surface area contributed by atoms with Crippen molar-refractivity contribution in [3.63, 3.8) is 0 Å². The number of halogens is 1. The summed E-state index contributed by atoms with van der Waals surface area (Å²) in [6, 6.07) is 25.3. The number of rotatable bonds is 13. The first-order valence-electron chi connectivity index (χ1n) is 12.9. The van der Waals surface area contributed by atoms with Crippen LogP contribution in [0.2, 0.25) is 5.02 Å². The van der Waals surface area contributed by atoms with E-state index in [9.17, 15) is 9.59 Å². The van der Waals surface area contributed by atoms with Crippen LogP contribution in [0.4, 0.5) is 0 Å². The molecule has 196 valence electrons. The fourth-order valence-electron chi connectivity index (χ4n) is 3.97. The standard InChI is InChI=1S/C31H37ClN2O2S/c1-4-24(3)33-31(36)29(21-25-9-6-5-7-10-25)34(22-26-14-12-23(2)13-15-26)30(35)11-8-20-37-28-18-16-27(32)17-19-28/h5-7,9-10,12-19,24,29H,4,8,11,20-22H2,1-3H3,(H,33,36)/t24-,29+/m0/s1. The molecular formula is C31H37ClN2O2S. The van der Waals surface area contributed by atoms with Gasteiger partial charge < -0.3 is 10.2 Å². The molecular weight excluding hydrogens is 500 g/mol. The van der Waals surface area contributed by atoms with Gasteiger partial charge in [-0.3, -0.25) is 9.59 Å². The lowest BCUT2D eigenvalue weighted by Crippen LogP contribution is -2.52. The van der Waals surface area contributed by atoms with Crippen LogP contribution in [0.5, 0.6) is 0 Å². The molecule has 3 aromatic rings. The predicted octanol–water partition coefficient (Wildman–Crippen LogP) is 7.08. The average molecular weight is 537 g/mol. The molecule has 37 heavy (non-hydrogen) atoms. The maximum Gasteiger partial charge on any atom is 0.243 e. The minimum Gasteiger partial charge on any atom is -0.352 e. The number of amides is 2. The second-order valence-electron chi connectivity index (χ2n) is 9.44. The Labute approximate surface area is 230 Å². The second-order valence-corrected chi connectivity index (χ2v) is 11.0. The van der Waals surface area contributed by atoms with Gasteiger partial charge in [-0.15, -0.1) is 11.8 Å². The smallest absolute Gasteiger partial charge is 0.243 e. The van der Waals surface area contributed by atoms with Gasteiger partial charge in [0.25, 0.3) is 0 Å². The Morgan fingerprint density at radius 1 is 0.946 bits per heavy atom. The normalized spacial score (nSPS) is 12.5. The van der Waals surface area contributed by atoms with Crippen LogP contribution in [0.15, 0.2) is 83.8 Å². The van der Waals surface area contributed by atoms with Gasteiger partial charge >= 0.3 is 0 Å². The quantitative estimate of drug-likeness (QED) is 0.188. The van der Waals surface area contributed by atoms with Gasteiger partial charge in [-0.1, -0.05) is 78.7 Å². The molecule has 0 aliphatic rings. The number of nitrogens with one attached hydrogen (secondary N) is 1. The van der Waals surface area contributed by atoms with Crippen molar-refractivity contribution in [3.05, 3.63) is 101 Å². The minimum atomic E-state index is -0.589. The van der Waals surface area contributed by atoms with Crippen LogP contribution in [0.25, 0.3) is 0 Å². The first-order chi connectivity index (χ1) is 17.9. The zero-order chi connectivity index (χ0) is 26.6. The molecule has 2 atom stereocenters. The maximum atomic E-state index is 13.7. The number of hydrogen-bond donors (Lipinski definition) is 1. The Morgan fingerprint density at radius 2 is 1.62 bits per heavy atom. The summed E-state index contributed by atoms with van der Waals surface area (Å²) in [6.45, 7) is 6.49. The molecule has 0 fully saturated rings. The third-order valence-corrected chi connectivity index (χ3v) is 7.71. The fraction of sp³-hybridized carbons (Fsp3) is 0.355. The van der Waals surface area contributed by atoms with E-state index in [2.05, 4.69) is 5.32 Å². The van der Waals surface area contributed by atoms with Crippen LogP contribution >= 0.6 is 23.4 Å². The van der Waals surface area contributed by atoms with E-state index in [0.29, 0.717) is 24.4 Å². The summed E-state index contributed by atoms with van der Waals surface area (Å²) in [5.74, 6) is 0.709. The monoisotopic (exact) mass is 536 g/mol. The first-order valence-corrected chi connectivity index (χ1v) is 14.3. The lowest BCUT2D eigenvalue weighted by atomic mass is 10.0. The summed E-state index contributed by atoms with van der Waals surface area (Å²) in [6.07, 6.45) is 2.41. The van der Waals surface area contributed by atoms with E-state index in [0.717, 1.165) is 40.2 Å². The Hall–Kier alpha value is -2.76. The van der Waals surface area contributed by atoms with Crippen LogP contribution in [0.3, 0.4) is 0 Å². The van der Waals surface area contributed by atoms with Gasteiger partial charge in [0.15, 0.2) is 0 Å². The molecule has 3 aromatic carbocycles. The van der Waals surface area contributed by atoms with Gasteiger partial charge in [-0.05, 0) is 67.8 Å². The highest BCUT2D eigenvalue weighted by Gasteiger charge is 2.30. The highest BCUT2D eigenvalue weighted by Crippen LogP contribution is 2.22. The van der Waals surface area contributed by atoms with Crippen molar-refractivity contribution in [1.29, 1.82) is 0 Å². The van der Waals surface area contributed by atoms with E-state index in [-0.39, 0.29) is 17.9 Å². The highest BCUT2D eigenvalue weighted by molar-refractivity contribution is 7.99. The summed E-state index contributed by atoms with van der Waals surface area (Å²) in [5, 5.41) is 3.84. The number of hydrogen-bond acceptors (Lipinski definition) is 3. The van der Waals surface area contributed by atoms with Gasteiger partial charge in [0, 0.05) is 35.3 Å². The number of aryl methyl sites for hydroxylation is 1. The molecule has 4 nitrogen and oxygen atoms in total. The Morgan fingerprint density at radius 3 is 2.27 bits per heavy atom. The third kappa shape index (κ3) is 9.56. The minimum absolute atomic E-state index is 0.00230. The van der Waals surface area contributed by atoms with Crippen molar-refractivity contribution >= 4 is 35.2 Å². The Kier molecular flexibility index (Phi) is 11.6. The molecule has 0 bridgehead atoms. The molecule has 3 rings (SSSR count). The molecule has 0 saturated heterocycles. The van der Waals surface area contributed by atoms with Crippen molar-refractivity contribution in [2.24, 2.45) is 0 Å². The van der Waals surface area contributed by atoms with Crippen molar-refractivity contribution in [2.75, 3.05) is 5.75 Å². The lowest BCUT2D eigenvalue weighted by Gasteiger charge is -2.32. The van der Waals surface area contributed by atoms with Crippen molar-refractivity contribution in [1.82, 2.24) is 10.2 Å². The topological polar surface area (TPSA) is 49.4 Å². The van der Waals surface area contributed by atoms with Gasteiger partial charge in [-0.2, -0.15) is 0 Å². The zero-order valence-electron chi connectivity index (χ0n) is 22.0. The summed E-state index contributed by atoms with van der Waals surface area (Å²) in [7, 11) is 0. The van der Waals surface area contributed by atoms with Crippen molar-refractivity contribution in [2.45, 2.75) is 70.0 Å². The van der Waals surface area contributed by atoms with E-state index in [1.54, 1.807) is 16.7 Å². The predicted molar refractivity (Wildman–Crippen MR) is 155 cm³/mol. The summed E-state index contributed by atoms with van der Waals surface area (Å²) >= 11 is 7.69. The molecule has 0 aromatic heterocycles. The first kappa shape index (κ1) is 28.8. The average Bonchev–Trinajstić information content (AvgIpc) is 2.91. The van der Waals surface area contributed by atoms with E-state index >= 15 is 0 Å². The van der Waals surface area contributed by atoms with E-state index in [4.69, 9.17) is 11.6 Å². The van der Waals surface area contributed by atoms with Gasteiger partial charge in [-0.25, -0.2) is 0 Å². The van der Waals surface area contributed by atoms with Crippen molar-refractivity contribution in [3.8, 4) is 0 Å². The van der Waals surface area contributed by atoms with Crippen LogP contribution in [-0.4, -0.2) is 34.6 Å². The lowest BCUT2D eigenvalue weighted by molar-refractivity contribution is -0.141. The Balaban J connectivity index is 1.78. The SMILES string of the molecule is CC[C@H](C)NC(=O)[C@@H](Cc1ccccc1)N(Cc1ccc(C)cc1)C(=O)CCCSc1ccc(Cl)cc1. The van der Waals surface area contributed by atoms with Gasteiger partial charge in [0.1, 0.15) is 6.04 Å². The summed E-state index contributed by atoms with van der Waals surface area (Å²) < 4.78 is 0. The van der Waals surface area contributed by atoms with Crippen LogP contribution in [0.1, 0.15) is 49.8 Å².